The Morgan fingerprint density at radius 2 is 1.76 bits per heavy atom. The van der Waals surface area contributed by atoms with Crippen LogP contribution in [0.25, 0.3) is 0 Å². The van der Waals surface area contributed by atoms with Gasteiger partial charge >= 0.3 is 0 Å². The number of carbonyl (C=O) groups is 2. The number of benzene rings is 2. The second kappa shape index (κ2) is 10.6. The van der Waals surface area contributed by atoms with Crippen LogP contribution >= 0.6 is 0 Å². The predicted octanol–water partition coefficient (Wildman–Crippen LogP) is 2.58. The lowest BCUT2D eigenvalue weighted by Gasteiger charge is -2.41. The van der Waals surface area contributed by atoms with Crippen LogP contribution in [0.5, 0.6) is 17.2 Å². The summed E-state index contributed by atoms with van der Waals surface area (Å²) in [4.78, 5) is 31.2. The fourth-order valence-corrected chi connectivity index (χ4v) is 5.65. The molecule has 6 rings (SSSR count). The smallest absolute Gasteiger partial charge is 0.258 e. The molecule has 0 aliphatic carbocycles. The van der Waals surface area contributed by atoms with Crippen molar-refractivity contribution in [3.8, 4) is 17.2 Å². The summed E-state index contributed by atoms with van der Waals surface area (Å²) in [6, 6.07) is 12.6. The van der Waals surface area contributed by atoms with E-state index in [0.717, 1.165) is 42.7 Å². The Bertz CT molecular complexity index is 1160. The number of amides is 2. The van der Waals surface area contributed by atoms with Crippen LogP contribution in [-0.2, 0) is 16.1 Å². The van der Waals surface area contributed by atoms with E-state index in [0.29, 0.717) is 50.6 Å². The van der Waals surface area contributed by atoms with E-state index >= 15 is 0 Å². The molecule has 2 amide bonds. The number of piperazine rings is 1. The molecule has 2 bridgehead atoms. The molecule has 3 atom stereocenters. The molecule has 0 spiro atoms. The van der Waals surface area contributed by atoms with Crippen LogP contribution in [0.3, 0.4) is 0 Å². The zero-order valence-electron chi connectivity index (χ0n) is 20.9. The van der Waals surface area contributed by atoms with E-state index in [-0.39, 0.29) is 30.8 Å². The molecule has 4 aliphatic heterocycles. The molecule has 196 valence electrons. The molecule has 2 aromatic carbocycles. The molecule has 0 aromatic heterocycles. The monoisotopic (exact) mass is 507 g/mol. The highest BCUT2D eigenvalue weighted by Gasteiger charge is 2.37. The Labute approximate surface area is 216 Å². The van der Waals surface area contributed by atoms with E-state index in [1.54, 1.807) is 11.0 Å². The number of rotatable bonds is 2. The number of fused-ring (bicyclic) bond motifs is 5. The third-order valence-electron chi connectivity index (χ3n) is 7.63. The summed E-state index contributed by atoms with van der Waals surface area (Å²) in [5.41, 5.74) is 1.56. The first-order chi connectivity index (χ1) is 18.1. The van der Waals surface area contributed by atoms with Crippen molar-refractivity contribution in [1.29, 1.82) is 0 Å². The topological polar surface area (TPSA) is 89.6 Å². The number of hydrogen-bond acceptors (Lipinski definition) is 7. The number of nitrogens with zero attached hydrogens (tertiary/aromatic N) is 2. The lowest BCUT2D eigenvalue weighted by molar-refractivity contribution is -0.129. The van der Waals surface area contributed by atoms with Crippen molar-refractivity contribution in [2.45, 2.75) is 50.5 Å². The third kappa shape index (κ3) is 5.24. The van der Waals surface area contributed by atoms with Crippen molar-refractivity contribution in [3.63, 3.8) is 0 Å². The summed E-state index contributed by atoms with van der Waals surface area (Å²) >= 11 is 0. The first-order valence-electron chi connectivity index (χ1n) is 13.2. The van der Waals surface area contributed by atoms with E-state index in [4.69, 9.17) is 18.9 Å². The van der Waals surface area contributed by atoms with Gasteiger partial charge in [-0.15, -0.1) is 0 Å². The first-order valence-corrected chi connectivity index (χ1v) is 13.2. The SMILES string of the molecule is O=C1NC[C@@H]2CCC[C@@H](CCOc3ccccc3C(=O)N3CCN(Cc4ccc5c(c4)OCO5)C[C@@H]13)O2. The Balaban J connectivity index is 1.24. The van der Waals surface area contributed by atoms with Gasteiger partial charge in [0.15, 0.2) is 11.5 Å². The van der Waals surface area contributed by atoms with Gasteiger partial charge in [0.1, 0.15) is 11.8 Å². The van der Waals surface area contributed by atoms with Gasteiger partial charge in [-0.2, -0.15) is 0 Å². The van der Waals surface area contributed by atoms with Crippen LogP contribution in [0.1, 0.15) is 41.6 Å². The standard InChI is InChI=1S/C28H33N3O6/c32-27-23-17-30(16-19-8-9-25-26(14-19)36-18-35-25)11-12-31(23)28(33)22-6-1-2-7-24(22)34-13-10-20-4-3-5-21(37-20)15-29-27/h1-2,6-9,14,20-21,23H,3-5,10-13,15-18H2,(H,29,32)/t20-,21-,23-/m0/s1. The molecule has 9 nitrogen and oxygen atoms in total. The Kier molecular flexibility index (Phi) is 6.89. The Morgan fingerprint density at radius 1 is 0.892 bits per heavy atom. The maximum absolute atomic E-state index is 13.8. The number of ether oxygens (including phenoxy) is 4. The molecule has 2 saturated heterocycles. The van der Waals surface area contributed by atoms with E-state index in [1.165, 1.54) is 0 Å². The second-order valence-corrected chi connectivity index (χ2v) is 10.1. The molecular formula is C28H33N3O6. The largest absolute Gasteiger partial charge is 0.493 e. The minimum Gasteiger partial charge on any atom is -0.493 e. The Morgan fingerprint density at radius 3 is 2.70 bits per heavy atom. The van der Waals surface area contributed by atoms with Crippen molar-refractivity contribution >= 4 is 11.8 Å². The molecule has 1 N–H and O–H groups in total. The lowest BCUT2D eigenvalue weighted by atomic mass is 10.0. The molecule has 9 heteroatoms. The van der Waals surface area contributed by atoms with Crippen molar-refractivity contribution < 1.29 is 28.5 Å². The van der Waals surface area contributed by atoms with E-state index in [9.17, 15) is 9.59 Å². The fourth-order valence-electron chi connectivity index (χ4n) is 5.65. The number of para-hydroxylation sites is 1. The van der Waals surface area contributed by atoms with Gasteiger partial charge in [0.05, 0.1) is 24.4 Å². The van der Waals surface area contributed by atoms with Gasteiger partial charge in [-0.3, -0.25) is 14.5 Å². The van der Waals surface area contributed by atoms with Gasteiger partial charge < -0.3 is 29.2 Å². The van der Waals surface area contributed by atoms with Gasteiger partial charge in [0.2, 0.25) is 12.7 Å². The summed E-state index contributed by atoms with van der Waals surface area (Å²) in [5.74, 6) is 1.72. The summed E-state index contributed by atoms with van der Waals surface area (Å²) in [6.07, 6.45) is 3.82. The lowest BCUT2D eigenvalue weighted by Crippen LogP contribution is -2.61. The summed E-state index contributed by atoms with van der Waals surface area (Å²) in [6.45, 7) is 3.35. The van der Waals surface area contributed by atoms with Crippen LogP contribution in [0.2, 0.25) is 0 Å². The molecule has 0 unspecified atom stereocenters. The van der Waals surface area contributed by atoms with E-state index in [1.807, 2.05) is 36.4 Å². The van der Waals surface area contributed by atoms with Gasteiger partial charge in [-0.05, 0) is 49.1 Å². The average molecular weight is 508 g/mol. The number of hydrogen-bond donors (Lipinski definition) is 1. The molecule has 2 fully saturated rings. The number of carbonyl (C=O) groups excluding carboxylic acids is 2. The normalized spacial score (nSPS) is 26.4. The Hall–Kier alpha value is -3.30. The zero-order chi connectivity index (χ0) is 25.2. The van der Waals surface area contributed by atoms with Gasteiger partial charge in [-0.1, -0.05) is 18.2 Å². The highest BCUT2D eigenvalue weighted by Crippen LogP contribution is 2.33. The molecule has 4 heterocycles. The third-order valence-corrected chi connectivity index (χ3v) is 7.63. The second-order valence-electron chi connectivity index (χ2n) is 10.1. The summed E-state index contributed by atoms with van der Waals surface area (Å²) in [7, 11) is 0. The zero-order valence-corrected chi connectivity index (χ0v) is 20.9. The van der Waals surface area contributed by atoms with Crippen molar-refractivity contribution in [1.82, 2.24) is 15.1 Å². The van der Waals surface area contributed by atoms with Crippen LogP contribution in [0.15, 0.2) is 42.5 Å². The van der Waals surface area contributed by atoms with Gasteiger partial charge in [-0.25, -0.2) is 0 Å². The minimum absolute atomic E-state index is 0.0181. The average Bonchev–Trinajstić information content (AvgIpc) is 3.39. The quantitative estimate of drug-likeness (QED) is 0.668. The fraction of sp³-hybridized carbons (Fsp3) is 0.500. The van der Waals surface area contributed by atoms with Crippen LogP contribution < -0.4 is 19.5 Å². The predicted molar refractivity (Wildman–Crippen MR) is 135 cm³/mol. The molecule has 37 heavy (non-hydrogen) atoms. The van der Waals surface area contributed by atoms with Crippen LogP contribution in [0, 0.1) is 0 Å². The number of nitrogens with one attached hydrogen (secondary N) is 1. The minimum atomic E-state index is -0.620. The molecule has 0 radical (unpaired) electrons. The first kappa shape index (κ1) is 24.1. The van der Waals surface area contributed by atoms with Crippen molar-refractivity contribution in [3.05, 3.63) is 53.6 Å². The highest BCUT2D eigenvalue weighted by molar-refractivity contribution is 6.00. The maximum atomic E-state index is 13.8. The molecule has 4 aliphatic rings. The highest BCUT2D eigenvalue weighted by atomic mass is 16.7. The van der Waals surface area contributed by atoms with Crippen molar-refractivity contribution in [2.75, 3.05) is 39.6 Å². The van der Waals surface area contributed by atoms with Gasteiger partial charge in [0, 0.05) is 39.1 Å². The van der Waals surface area contributed by atoms with Crippen molar-refractivity contribution in [2.24, 2.45) is 0 Å². The van der Waals surface area contributed by atoms with Crippen LogP contribution in [-0.4, -0.2) is 79.4 Å². The molecule has 0 saturated carbocycles. The summed E-state index contributed by atoms with van der Waals surface area (Å²) in [5, 5.41) is 3.10. The maximum Gasteiger partial charge on any atom is 0.258 e. The van der Waals surface area contributed by atoms with Gasteiger partial charge in [0.25, 0.3) is 5.91 Å². The molecular weight excluding hydrogens is 474 g/mol. The summed E-state index contributed by atoms with van der Waals surface area (Å²) < 4.78 is 23.3. The van der Waals surface area contributed by atoms with E-state index in [2.05, 4.69) is 10.2 Å². The molecule has 2 aromatic rings. The van der Waals surface area contributed by atoms with Crippen LogP contribution in [0.4, 0.5) is 0 Å². The van der Waals surface area contributed by atoms with E-state index < -0.39 is 6.04 Å².